The fourth-order valence-electron chi connectivity index (χ4n) is 2.08. The Morgan fingerprint density at radius 1 is 1.11 bits per heavy atom. The van der Waals surface area contributed by atoms with Crippen molar-refractivity contribution in [2.75, 3.05) is 25.0 Å². The molecule has 1 aromatic rings. The molecule has 0 atom stereocenters. The Kier molecular flexibility index (Phi) is 5.67. The van der Waals surface area contributed by atoms with Crippen LogP contribution in [0.5, 0.6) is 0 Å². The normalized spacial score (nSPS) is 11.6. The summed E-state index contributed by atoms with van der Waals surface area (Å²) in [5.74, 6) is 0. The van der Waals surface area contributed by atoms with Gasteiger partial charge in [0.1, 0.15) is 0 Å². The van der Waals surface area contributed by atoms with Crippen LogP contribution in [0.4, 0.5) is 5.69 Å². The molecule has 0 bridgehead atoms. The van der Waals surface area contributed by atoms with Gasteiger partial charge in [-0.05, 0) is 36.1 Å². The average molecular weight is 248 g/mol. The van der Waals surface area contributed by atoms with E-state index in [2.05, 4.69) is 69.2 Å². The van der Waals surface area contributed by atoms with Crippen molar-refractivity contribution in [3.8, 4) is 0 Å². The van der Waals surface area contributed by atoms with Crippen molar-refractivity contribution >= 4 is 5.69 Å². The number of anilines is 1. The van der Waals surface area contributed by atoms with E-state index in [9.17, 15) is 0 Å². The third-order valence-electron chi connectivity index (χ3n) is 2.84. The Hall–Kier alpha value is -1.02. The standard InChI is InChI=1S/C16H28N2/c1-6-11-17-12-14-7-9-15(10-8-14)18(5)13-16(2,3)4/h7-10,17H,6,11-13H2,1-5H3. The average Bonchev–Trinajstić information content (AvgIpc) is 2.28. The molecular weight excluding hydrogens is 220 g/mol. The molecule has 1 rings (SSSR count). The maximum atomic E-state index is 3.42. The van der Waals surface area contributed by atoms with Crippen LogP contribution in [0, 0.1) is 5.41 Å². The quantitative estimate of drug-likeness (QED) is 0.773. The first kappa shape index (κ1) is 15.0. The van der Waals surface area contributed by atoms with Crippen molar-refractivity contribution in [3.63, 3.8) is 0 Å². The molecule has 0 aliphatic carbocycles. The summed E-state index contributed by atoms with van der Waals surface area (Å²) in [5, 5.41) is 3.42. The molecule has 0 unspecified atom stereocenters. The monoisotopic (exact) mass is 248 g/mol. The maximum absolute atomic E-state index is 3.42. The molecule has 1 N–H and O–H groups in total. The molecule has 0 amide bonds. The molecule has 1 aromatic carbocycles. The molecule has 0 saturated carbocycles. The van der Waals surface area contributed by atoms with E-state index in [1.807, 2.05) is 0 Å². The van der Waals surface area contributed by atoms with Crippen LogP contribution in [0.1, 0.15) is 39.7 Å². The first-order chi connectivity index (χ1) is 8.42. The second-order valence-electron chi connectivity index (χ2n) is 6.26. The fourth-order valence-corrected chi connectivity index (χ4v) is 2.08. The molecule has 0 heterocycles. The third kappa shape index (κ3) is 5.54. The van der Waals surface area contributed by atoms with Crippen LogP contribution in [-0.4, -0.2) is 20.1 Å². The molecule has 0 aromatic heterocycles. The van der Waals surface area contributed by atoms with Gasteiger partial charge in [-0.2, -0.15) is 0 Å². The molecule has 102 valence electrons. The fraction of sp³-hybridized carbons (Fsp3) is 0.625. The molecule has 0 saturated heterocycles. The smallest absolute Gasteiger partial charge is 0.0363 e. The molecule has 18 heavy (non-hydrogen) atoms. The van der Waals surface area contributed by atoms with Crippen molar-refractivity contribution < 1.29 is 0 Å². The summed E-state index contributed by atoms with van der Waals surface area (Å²) in [5.41, 5.74) is 2.98. The highest BCUT2D eigenvalue weighted by Crippen LogP contribution is 2.20. The highest BCUT2D eigenvalue weighted by molar-refractivity contribution is 5.47. The minimum atomic E-state index is 0.329. The summed E-state index contributed by atoms with van der Waals surface area (Å²) in [6, 6.07) is 8.87. The first-order valence-electron chi connectivity index (χ1n) is 6.93. The highest BCUT2D eigenvalue weighted by atomic mass is 15.1. The van der Waals surface area contributed by atoms with Crippen molar-refractivity contribution in [2.24, 2.45) is 5.41 Å². The second kappa shape index (κ2) is 6.79. The third-order valence-corrected chi connectivity index (χ3v) is 2.84. The lowest BCUT2D eigenvalue weighted by molar-refractivity contribution is 0.419. The first-order valence-corrected chi connectivity index (χ1v) is 6.93. The van der Waals surface area contributed by atoms with E-state index in [0.29, 0.717) is 5.41 Å². The minimum absolute atomic E-state index is 0.329. The summed E-state index contributed by atoms with van der Waals surface area (Å²) in [7, 11) is 2.16. The summed E-state index contributed by atoms with van der Waals surface area (Å²) in [6.07, 6.45) is 1.19. The van der Waals surface area contributed by atoms with E-state index in [1.54, 1.807) is 0 Å². The molecule has 0 aliphatic heterocycles. The van der Waals surface area contributed by atoms with E-state index in [-0.39, 0.29) is 0 Å². The maximum Gasteiger partial charge on any atom is 0.0363 e. The number of hydrogen-bond acceptors (Lipinski definition) is 2. The van der Waals surface area contributed by atoms with Crippen molar-refractivity contribution in [2.45, 2.75) is 40.7 Å². The number of hydrogen-bond donors (Lipinski definition) is 1. The van der Waals surface area contributed by atoms with Gasteiger partial charge in [0, 0.05) is 25.8 Å². The lowest BCUT2D eigenvalue weighted by atomic mass is 9.96. The Labute approximate surface area is 112 Å². The van der Waals surface area contributed by atoms with Crippen LogP contribution >= 0.6 is 0 Å². The van der Waals surface area contributed by atoms with Gasteiger partial charge in [0.15, 0.2) is 0 Å². The molecule has 0 spiro atoms. The number of nitrogens with one attached hydrogen (secondary N) is 1. The second-order valence-corrected chi connectivity index (χ2v) is 6.26. The van der Waals surface area contributed by atoms with Gasteiger partial charge in [-0.1, -0.05) is 39.8 Å². The SMILES string of the molecule is CCCNCc1ccc(N(C)CC(C)(C)C)cc1. The van der Waals surface area contributed by atoms with E-state index < -0.39 is 0 Å². The minimum Gasteiger partial charge on any atom is -0.374 e. The van der Waals surface area contributed by atoms with Gasteiger partial charge in [0.2, 0.25) is 0 Å². The van der Waals surface area contributed by atoms with Gasteiger partial charge in [-0.25, -0.2) is 0 Å². The predicted molar refractivity (Wildman–Crippen MR) is 81.2 cm³/mol. The zero-order valence-corrected chi connectivity index (χ0v) is 12.6. The zero-order chi connectivity index (χ0) is 13.6. The number of rotatable bonds is 6. The lowest BCUT2D eigenvalue weighted by Crippen LogP contribution is -2.29. The van der Waals surface area contributed by atoms with E-state index in [4.69, 9.17) is 0 Å². The van der Waals surface area contributed by atoms with E-state index >= 15 is 0 Å². The van der Waals surface area contributed by atoms with Crippen molar-refractivity contribution in [3.05, 3.63) is 29.8 Å². The molecule has 2 nitrogen and oxygen atoms in total. The number of benzene rings is 1. The Morgan fingerprint density at radius 3 is 2.22 bits per heavy atom. The molecule has 0 radical (unpaired) electrons. The van der Waals surface area contributed by atoms with E-state index in [0.717, 1.165) is 19.6 Å². The summed E-state index contributed by atoms with van der Waals surface area (Å²) >= 11 is 0. The molecule has 0 aliphatic rings. The lowest BCUT2D eigenvalue weighted by Gasteiger charge is -2.28. The predicted octanol–water partition coefficient (Wildman–Crippen LogP) is 3.67. The summed E-state index contributed by atoms with van der Waals surface area (Å²) < 4.78 is 0. The van der Waals surface area contributed by atoms with Crippen molar-refractivity contribution in [1.29, 1.82) is 0 Å². The molecule has 0 fully saturated rings. The van der Waals surface area contributed by atoms with Crippen molar-refractivity contribution in [1.82, 2.24) is 5.32 Å². The largest absolute Gasteiger partial charge is 0.374 e. The van der Waals surface area contributed by atoms with Crippen LogP contribution in [-0.2, 0) is 6.54 Å². The Balaban J connectivity index is 2.54. The van der Waals surface area contributed by atoms with Crippen LogP contribution in [0.25, 0.3) is 0 Å². The summed E-state index contributed by atoms with van der Waals surface area (Å²) in [6.45, 7) is 12.1. The van der Waals surface area contributed by atoms with Gasteiger partial charge in [-0.15, -0.1) is 0 Å². The number of nitrogens with zero attached hydrogens (tertiary/aromatic N) is 1. The topological polar surface area (TPSA) is 15.3 Å². The Bertz CT molecular complexity index is 335. The van der Waals surface area contributed by atoms with Crippen LogP contribution in [0.15, 0.2) is 24.3 Å². The summed E-state index contributed by atoms with van der Waals surface area (Å²) in [4.78, 5) is 2.32. The van der Waals surface area contributed by atoms with Crippen LogP contribution < -0.4 is 10.2 Å². The van der Waals surface area contributed by atoms with E-state index in [1.165, 1.54) is 17.7 Å². The Morgan fingerprint density at radius 2 is 1.72 bits per heavy atom. The zero-order valence-electron chi connectivity index (χ0n) is 12.6. The molecular formula is C16H28N2. The van der Waals surface area contributed by atoms with Gasteiger partial charge >= 0.3 is 0 Å². The van der Waals surface area contributed by atoms with Crippen LogP contribution in [0.3, 0.4) is 0 Å². The molecule has 2 heteroatoms. The van der Waals surface area contributed by atoms with Gasteiger partial charge in [0.05, 0.1) is 0 Å². The van der Waals surface area contributed by atoms with Crippen LogP contribution in [0.2, 0.25) is 0 Å². The van der Waals surface area contributed by atoms with Gasteiger partial charge in [-0.3, -0.25) is 0 Å². The van der Waals surface area contributed by atoms with Gasteiger partial charge < -0.3 is 10.2 Å². The van der Waals surface area contributed by atoms with Gasteiger partial charge in [0.25, 0.3) is 0 Å². The highest BCUT2D eigenvalue weighted by Gasteiger charge is 2.13.